The summed E-state index contributed by atoms with van der Waals surface area (Å²) in [7, 11) is 0. The summed E-state index contributed by atoms with van der Waals surface area (Å²) in [4.78, 5) is 20.6. The fourth-order valence-corrected chi connectivity index (χ4v) is 3.84. The Morgan fingerprint density at radius 3 is 1.78 bits per heavy atom. The summed E-state index contributed by atoms with van der Waals surface area (Å²) in [6, 6.07) is 0.254. The standard InChI is InChI=1S/C16H21F3N4O4/c1-14(2)7-10(8-15(3,4)21-14)20-13-11(22(24)25)5-9(16(17,18)19)6-12(13)23(26)27/h5-6,10,20-21H,7-8H2,1-4H3. The van der Waals surface area contributed by atoms with Gasteiger partial charge in [0.05, 0.1) is 15.4 Å². The molecule has 0 unspecified atom stereocenters. The van der Waals surface area contributed by atoms with Crippen molar-refractivity contribution < 1.29 is 23.0 Å². The highest BCUT2D eigenvalue weighted by molar-refractivity contribution is 5.75. The number of nitro benzene ring substituents is 2. The van der Waals surface area contributed by atoms with Crippen molar-refractivity contribution in [1.82, 2.24) is 5.32 Å². The zero-order valence-corrected chi connectivity index (χ0v) is 15.3. The molecule has 1 aromatic rings. The first-order valence-electron chi connectivity index (χ1n) is 8.21. The van der Waals surface area contributed by atoms with Crippen molar-refractivity contribution >= 4 is 17.1 Å². The largest absolute Gasteiger partial charge is 0.416 e. The number of nitrogens with one attached hydrogen (secondary N) is 2. The molecule has 1 aliphatic rings. The van der Waals surface area contributed by atoms with E-state index < -0.39 is 44.7 Å². The molecular formula is C16H21F3N4O4. The van der Waals surface area contributed by atoms with Crippen molar-refractivity contribution in [3.8, 4) is 0 Å². The highest BCUT2D eigenvalue weighted by Crippen LogP contribution is 2.42. The molecule has 27 heavy (non-hydrogen) atoms. The van der Waals surface area contributed by atoms with E-state index in [1.807, 2.05) is 27.7 Å². The number of halogens is 3. The zero-order valence-electron chi connectivity index (χ0n) is 15.3. The topological polar surface area (TPSA) is 110 Å². The van der Waals surface area contributed by atoms with Gasteiger partial charge in [-0.05, 0) is 40.5 Å². The lowest BCUT2D eigenvalue weighted by Gasteiger charge is -2.46. The van der Waals surface area contributed by atoms with Crippen LogP contribution in [0.2, 0.25) is 0 Å². The van der Waals surface area contributed by atoms with Crippen molar-refractivity contribution in [3.05, 3.63) is 37.9 Å². The lowest BCUT2D eigenvalue weighted by atomic mass is 9.79. The van der Waals surface area contributed by atoms with Crippen LogP contribution in [0.1, 0.15) is 46.1 Å². The molecule has 0 saturated carbocycles. The lowest BCUT2D eigenvalue weighted by molar-refractivity contribution is -0.392. The van der Waals surface area contributed by atoms with Crippen LogP contribution in [-0.2, 0) is 6.18 Å². The third kappa shape index (κ3) is 4.85. The molecule has 1 aromatic carbocycles. The van der Waals surface area contributed by atoms with Crippen molar-refractivity contribution in [3.63, 3.8) is 0 Å². The third-order valence-corrected chi connectivity index (χ3v) is 4.36. The number of piperidine rings is 1. The van der Waals surface area contributed by atoms with E-state index >= 15 is 0 Å². The molecule has 11 heteroatoms. The van der Waals surface area contributed by atoms with Gasteiger partial charge >= 0.3 is 6.18 Å². The summed E-state index contributed by atoms with van der Waals surface area (Å²) in [6.45, 7) is 7.66. The molecule has 0 amide bonds. The zero-order chi connectivity index (χ0) is 20.8. The Hall–Kier alpha value is -2.43. The van der Waals surface area contributed by atoms with Crippen molar-refractivity contribution in [2.24, 2.45) is 0 Å². The Balaban J connectivity index is 2.55. The first kappa shape index (κ1) is 20.9. The van der Waals surface area contributed by atoms with Gasteiger partial charge in [0, 0.05) is 29.3 Å². The highest BCUT2D eigenvalue weighted by atomic mass is 19.4. The van der Waals surface area contributed by atoms with Gasteiger partial charge in [0.15, 0.2) is 5.69 Å². The molecule has 8 nitrogen and oxygen atoms in total. The average Bonchev–Trinajstić information content (AvgIpc) is 2.41. The normalized spacial score (nSPS) is 19.5. The van der Waals surface area contributed by atoms with Crippen LogP contribution in [0.25, 0.3) is 0 Å². The summed E-state index contributed by atoms with van der Waals surface area (Å²) in [5.41, 5.74) is -4.60. The first-order valence-corrected chi connectivity index (χ1v) is 8.21. The summed E-state index contributed by atoms with van der Waals surface area (Å²) in [6.07, 6.45) is -3.98. The maximum absolute atomic E-state index is 13.0. The molecule has 1 saturated heterocycles. The Bertz CT molecular complexity index is 726. The molecule has 2 N–H and O–H groups in total. The molecule has 0 bridgehead atoms. The monoisotopic (exact) mass is 390 g/mol. The molecule has 1 aliphatic heterocycles. The van der Waals surface area contributed by atoms with Crippen molar-refractivity contribution in [1.29, 1.82) is 0 Å². The molecule has 1 fully saturated rings. The van der Waals surface area contributed by atoms with E-state index in [4.69, 9.17) is 0 Å². The van der Waals surface area contributed by atoms with Crippen LogP contribution in [-0.4, -0.2) is 27.0 Å². The van der Waals surface area contributed by atoms with Gasteiger partial charge in [-0.15, -0.1) is 0 Å². The minimum atomic E-state index is -4.94. The van der Waals surface area contributed by atoms with Gasteiger partial charge in [0.1, 0.15) is 0 Å². The van der Waals surface area contributed by atoms with Crippen LogP contribution >= 0.6 is 0 Å². The van der Waals surface area contributed by atoms with Crippen LogP contribution in [0.4, 0.5) is 30.2 Å². The molecule has 0 atom stereocenters. The average molecular weight is 390 g/mol. The van der Waals surface area contributed by atoms with Crippen LogP contribution in [0.3, 0.4) is 0 Å². The minimum Gasteiger partial charge on any atom is -0.371 e. The van der Waals surface area contributed by atoms with Gasteiger partial charge in [-0.1, -0.05) is 0 Å². The number of nitrogens with zero attached hydrogens (tertiary/aromatic N) is 2. The van der Waals surface area contributed by atoms with Gasteiger partial charge in [0.25, 0.3) is 11.4 Å². The minimum absolute atomic E-state index is 0.326. The number of benzene rings is 1. The molecule has 0 aliphatic carbocycles. The number of hydrogen-bond donors (Lipinski definition) is 2. The number of hydrogen-bond acceptors (Lipinski definition) is 6. The van der Waals surface area contributed by atoms with E-state index in [0.29, 0.717) is 25.0 Å². The van der Waals surface area contributed by atoms with Gasteiger partial charge in [-0.3, -0.25) is 20.2 Å². The summed E-state index contributed by atoms with van der Waals surface area (Å²) < 4.78 is 39.0. The number of rotatable bonds is 4. The SMILES string of the molecule is CC1(C)CC(Nc2c([N+](=O)[O-])cc(C(F)(F)F)cc2[N+](=O)[O-])CC(C)(C)N1. The van der Waals surface area contributed by atoms with Gasteiger partial charge in [-0.25, -0.2) is 0 Å². The summed E-state index contributed by atoms with van der Waals surface area (Å²) in [5, 5.41) is 28.8. The second kappa shape index (κ2) is 6.63. The molecule has 150 valence electrons. The van der Waals surface area contributed by atoms with Crippen LogP contribution < -0.4 is 10.6 Å². The van der Waals surface area contributed by atoms with Gasteiger partial charge < -0.3 is 10.6 Å². The van der Waals surface area contributed by atoms with E-state index in [-0.39, 0.29) is 11.1 Å². The third-order valence-electron chi connectivity index (χ3n) is 4.36. The second-order valence-electron chi connectivity index (χ2n) is 8.04. The van der Waals surface area contributed by atoms with E-state index in [1.165, 1.54) is 0 Å². The summed E-state index contributed by atoms with van der Waals surface area (Å²) in [5.74, 6) is 0. The maximum Gasteiger partial charge on any atom is 0.416 e. The fourth-order valence-electron chi connectivity index (χ4n) is 3.84. The van der Waals surface area contributed by atoms with Gasteiger partial charge in [-0.2, -0.15) is 13.2 Å². The number of anilines is 1. The van der Waals surface area contributed by atoms with E-state index in [0.717, 1.165) is 0 Å². The van der Waals surface area contributed by atoms with Crippen molar-refractivity contribution in [2.75, 3.05) is 5.32 Å². The maximum atomic E-state index is 13.0. The Morgan fingerprint density at radius 1 is 1.04 bits per heavy atom. The molecular weight excluding hydrogens is 369 g/mol. The molecule has 0 aromatic heterocycles. The van der Waals surface area contributed by atoms with Crippen LogP contribution in [0.5, 0.6) is 0 Å². The smallest absolute Gasteiger partial charge is 0.371 e. The molecule has 0 spiro atoms. The lowest BCUT2D eigenvalue weighted by Crippen LogP contribution is -2.60. The van der Waals surface area contributed by atoms with E-state index in [1.54, 1.807) is 0 Å². The van der Waals surface area contributed by atoms with E-state index in [2.05, 4.69) is 10.6 Å². The Labute approximate surface area is 153 Å². The highest BCUT2D eigenvalue weighted by Gasteiger charge is 2.41. The quantitative estimate of drug-likeness (QED) is 0.588. The Kier molecular flexibility index (Phi) is 5.12. The Morgan fingerprint density at radius 2 is 1.44 bits per heavy atom. The second-order valence-corrected chi connectivity index (χ2v) is 8.04. The van der Waals surface area contributed by atoms with Crippen LogP contribution in [0.15, 0.2) is 12.1 Å². The molecule has 0 radical (unpaired) electrons. The predicted octanol–water partition coefficient (Wildman–Crippen LogP) is 4.24. The summed E-state index contributed by atoms with van der Waals surface area (Å²) >= 11 is 0. The molecule has 1 heterocycles. The fraction of sp³-hybridized carbons (Fsp3) is 0.625. The van der Waals surface area contributed by atoms with Crippen molar-refractivity contribution in [2.45, 2.75) is 63.8 Å². The molecule has 2 rings (SSSR count). The number of alkyl halides is 3. The number of nitro groups is 2. The van der Waals surface area contributed by atoms with E-state index in [9.17, 15) is 33.4 Å². The van der Waals surface area contributed by atoms with Crippen LogP contribution in [0, 0.1) is 20.2 Å². The van der Waals surface area contributed by atoms with Gasteiger partial charge in [0.2, 0.25) is 0 Å². The predicted molar refractivity (Wildman–Crippen MR) is 92.7 cm³/mol. The first-order chi connectivity index (χ1) is 12.1.